The van der Waals surface area contributed by atoms with Crippen LogP contribution in [-0.2, 0) is 16.1 Å². The number of thiazole rings is 1. The molecule has 0 N–H and O–H groups in total. The molecule has 1 aromatic heterocycles. The highest BCUT2D eigenvalue weighted by Crippen LogP contribution is 2.24. The molecule has 1 amide bonds. The highest BCUT2D eigenvalue weighted by Gasteiger charge is 2.25. The third kappa shape index (κ3) is 4.89. The van der Waals surface area contributed by atoms with Crippen LogP contribution in [0.15, 0.2) is 35.7 Å². The van der Waals surface area contributed by atoms with E-state index in [4.69, 9.17) is 0 Å². The normalized spacial score (nSPS) is 11.8. The van der Waals surface area contributed by atoms with Gasteiger partial charge in [-0.05, 0) is 18.4 Å². The molecule has 0 aliphatic rings. The van der Waals surface area contributed by atoms with Crippen LogP contribution in [0.25, 0.3) is 0 Å². The van der Waals surface area contributed by atoms with Crippen molar-refractivity contribution in [2.45, 2.75) is 39.2 Å². The summed E-state index contributed by atoms with van der Waals surface area (Å²) in [5, 5.41) is 2.41. The Morgan fingerprint density at radius 3 is 2.56 bits per heavy atom. The molecule has 0 radical (unpaired) electrons. The number of carbonyl (C=O) groups excluding carboxylic acids is 2. The molecule has 1 unspecified atom stereocenters. The van der Waals surface area contributed by atoms with Gasteiger partial charge in [-0.3, -0.25) is 4.79 Å². The minimum Gasteiger partial charge on any atom is -0.464 e. The van der Waals surface area contributed by atoms with Crippen LogP contribution in [0.5, 0.6) is 0 Å². The van der Waals surface area contributed by atoms with Crippen LogP contribution < -0.4 is 0 Å². The number of carbonyl (C=O) groups is 2. The molecule has 0 saturated heterocycles. The molecule has 0 saturated carbocycles. The minimum absolute atomic E-state index is 0.102. The third-order valence-corrected chi connectivity index (χ3v) is 4.82. The second kappa shape index (κ2) is 9.32. The average Bonchev–Trinajstić information content (AvgIpc) is 3.10. The topological polar surface area (TPSA) is 59.5 Å². The number of benzene rings is 1. The standard InChI is InChI=1S/C19H24N2O3S/c1-4-11-21(12-17-20-16(13-25-17)19(23)24-3)18(22)15(5-2)14-9-7-6-8-10-14/h6-10,13,15H,4-5,11-12H2,1-3H3. The van der Waals surface area contributed by atoms with Crippen LogP contribution in [-0.4, -0.2) is 35.4 Å². The summed E-state index contributed by atoms with van der Waals surface area (Å²) >= 11 is 1.37. The van der Waals surface area contributed by atoms with Gasteiger partial charge in [-0.15, -0.1) is 11.3 Å². The van der Waals surface area contributed by atoms with E-state index in [0.29, 0.717) is 18.8 Å². The Morgan fingerprint density at radius 2 is 1.96 bits per heavy atom. The largest absolute Gasteiger partial charge is 0.464 e. The van der Waals surface area contributed by atoms with Crippen molar-refractivity contribution in [3.63, 3.8) is 0 Å². The van der Waals surface area contributed by atoms with E-state index in [1.54, 1.807) is 5.38 Å². The van der Waals surface area contributed by atoms with Gasteiger partial charge in [-0.1, -0.05) is 44.2 Å². The van der Waals surface area contributed by atoms with Crippen LogP contribution in [0.2, 0.25) is 0 Å². The first-order chi connectivity index (χ1) is 12.1. The summed E-state index contributed by atoms with van der Waals surface area (Å²) in [6.45, 7) is 5.15. The molecule has 2 rings (SSSR count). The molecule has 1 aromatic carbocycles. The second-order valence-electron chi connectivity index (χ2n) is 5.75. The fourth-order valence-electron chi connectivity index (χ4n) is 2.74. The minimum atomic E-state index is -0.452. The number of esters is 1. The van der Waals surface area contributed by atoms with Crippen molar-refractivity contribution in [3.8, 4) is 0 Å². The number of methoxy groups -OCH3 is 1. The maximum Gasteiger partial charge on any atom is 0.357 e. The summed E-state index contributed by atoms with van der Waals surface area (Å²) < 4.78 is 4.69. The molecule has 6 heteroatoms. The van der Waals surface area contributed by atoms with Crippen LogP contribution in [0.3, 0.4) is 0 Å². The summed E-state index contributed by atoms with van der Waals surface area (Å²) in [6.07, 6.45) is 1.61. The number of rotatable bonds is 8. The van der Waals surface area contributed by atoms with Crippen molar-refractivity contribution < 1.29 is 14.3 Å². The molecular formula is C19H24N2O3S. The molecule has 134 valence electrons. The van der Waals surface area contributed by atoms with Gasteiger partial charge in [0.05, 0.1) is 19.6 Å². The number of nitrogens with zero attached hydrogens (tertiary/aromatic N) is 2. The molecule has 0 aliphatic heterocycles. The Morgan fingerprint density at radius 1 is 1.24 bits per heavy atom. The molecule has 0 fully saturated rings. The van der Waals surface area contributed by atoms with Crippen LogP contribution in [0, 0.1) is 0 Å². The summed E-state index contributed by atoms with van der Waals surface area (Å²) in [5.41, 5.74) is 1.33. The molecule has 0 spiro atoms. The monoisotopic (exact) mass is 360 g/mol. The molecule has 25 heavy (non-hydrogen) atoms. The van der Waals surface area contributed by atoms with Crippen LogP contribution in [0.1, 0.15) is 53.7 Å². The fourth-order valence-corrected chi connectivity index (χ4v) is 3.52. The number of amides is 1. The Bertz CT molecular complexity index is 700. The van der Waals surface area contributed by atoms with Crippen molar-refractivity contribution in [2.75, 3.05) is 13.7 Å². The lowest BCUT2D eigenvalue weighted by Gasteiger charge is -2.26. The number of hydrogen-bond acceptors (Lipinski definition) is 5. The van der Waals surface area contributed by atoms with Crippen molar-refractivity contribution in [2.24, 2.45) is 0 Å². The number of hydrogen-bond donors (Lipinski definition) is 0. The lowest BCUT2D eigenvalue weighted by atomic mass is 9.95. The van der Waals surface area contributed by atoms with Gasteiger partial charge in [0.25, 0.3) is 0 Å². The van der Waals surface area contributed by atoms with Gasteiger partial charge in [0.2, 0.25) is 5.91 Å². The predicted octanol–water partition coefficient (Wildman–Crippen LogP) is 3.86. The van der Waals surface area contributed by atoms with E-state index in [9.17, 15) is 9.59 Å². The lowest BCUT2D eigenvalue weighted by molar-refractivity contribution is -0.133. The maximum atomic E-state index is 13.1. The first kappa shape index (κ1) is 19.1. The van der Waals surface area contributed by atoms with Gasteiger partial charge in [-0.25, -0.2) is 9.78 Å². The molecule has 5 nitrogen and oxygen atoms in total. The van der Waals surface area contributed by atoms with Gasteiger partial charge in [0.1, 0.15) is 5.01 Å². The summed E-state index contributed by atoms with van der Waals surface area (Å²) in [4.78, 5) is 30.8. The van der Waals surface area contributed by atoms with Crippen molar-refractivity contribution in [3.05, 3.63) is 52.0 Å². The zero-order valence-electron chi connectivity index (χ0n) is 14.9. The van der Waals surface area contributed by atoms with Crippen LogP contribution >= 0.6 is 11.3 Å². The van der Waals surface area contributed by atoms with Gasteiger partial charge in [0.15, 0.2) is 5.69 Å². The molecule has 0 aliphatic carbocycles. The van der Waals surface area contributed by atoms with E-state index in [0.717, 1.165) is 23.4 Å². The maximum absolute atomic E-state index is 13.1. The Kier molecular flexibility index (Phi) is 7.13. The van der Waals surface area contributed by atoms with Crippen molar-refractivity contribution in [1.29, 1.82) is 0 Å². The van der Waals surface area contributed by atoms with E-state index >= 15 is 0 Å². The fraction of sp³-hybridized carbons (Fsp3) is 0.421. The lowest BCUT2D eigenvalue weighted by Crippen LogP contribution is -2.35. The van der Waals surface area contributed by atoms with Crippen molar-refractivity contribution in [1.82, 2.24) is 9.88 Å². The predicted molar refractivity (Wildman–Crippen MR) is 98.6 cm³/mol. The van der Waals surface area contributed by atoms with Gasteiger partial charge < -0.3 is 9.64 Å². The Hall–Kier alpha value is -2.21. The quantitative estimate of drug-likeness (QED) is 0.671. The third-order valence-electron chi connectivity index (χ3n) is 3.99. The highest BCUT2D eigenvalue weighted by atomic mass is 32.1. The zero-order valence-corrected chi connectivity index (χ0v) is 15.7. The molecule has 1 heterocycles. The zero-order chi connectivity index (χ0) is 18.2. The molecule has 2 aromatic rings. The van der Waals surface area contributed by atoms with E-state index in [2.05, 4.69) is 9.72 Å². The Labute approximate surface area is 152 Å². The molecular weight excluding hydrogens is 336 g/mol. The SMILES string of the molecule is CCCN(Cc1nc(C(=O)OC)cs1)C(=O)C(CC)c1ccccc1. The van der Waals surface area contributed by atoms with Gasteiger partial charge in [-0.2, -0.15) is 0 Å². The summed E-state index contributed by atoms with van der Waals surface area (Å²) in [6, 6.07) is 9.86. The van der Waals surface area contributed by atoms with E-state index in [-0.39, 0.29) is 11.8 Å². The van der Waals surface area contributed by atoms with Crippen LogP contribution in [0.4, 0.5) is 0 Å². The molecule has 0 bridgehead atoms. The van der Waals surface area contributed by atoms with Gasteiger partial charge >= 0.3 is 5.97 Å². The number of ether oxygens (including phenoxy) is 1. The highest BCUT2D eigenvalue weighted by molar-refractivity contribution is 7.09. The first-order valence-electron chi connectivity index (χ1n) is 8.47. The molecule has 1 atom stereocenters. The number of aromatic nitrogens is 1. The van der Waals surface area contributed by atoms with Crippen molar-refractivity contribution >= 4 is 23.2 Å². The second-order valence-corrected chi connectivity index (χ2v) is 6.69. The Balaban J connectivity index is 2.17. The van der Waals surface area contributed by atoms with E-state index in [1.165, 1.54) is 18.4 Å². The van der Waals surface area contributed by atoms with Gasteiger partial charge in [0, 0.05) is 11.9 Å². The first-order valence-corrected chi connectivity index (χ1v) is 9.35. The summed E-state index contributed by atoms with van der Waals surface area (Å²) in [5.74, 6) is -0.509. The summed E-state index contributed by atoms with van der Waals surface area (Å²) in [7, 11) is 1.33. The average molecular weight is 360 g/mol. The smallest absolute Gasteiger partial charge is 0.357 e. The van der Waals surface area contributed by atoms with E-state index in [1.807, 2.05) is 49.1 Å². The van der Waals surface area contributed by atoms with E-state index < -0.39 is 5.97 Å².